The molecule has 0 saturated carbocycles. The number of halogens is 1. The van der Waals surface area contributed by atoms with Gasteiger partial charge in [0.25, 0.3) is 0 Å². The fraction of sp³-hybridized carbons (Fsp3) is 0.188. The quantitative estimate of drug-likeness (QED) is 0.866. The van der Waals surface area contributed by atoms with E-state index in [0.29, 0.717) is 5.02 Å². The zero-order valence-electron chi connectivity index (χ0n) is 11.4. The zero-order valence-corrected chi connectivity index (χ0v) is 12.1. The van der Waals surface area contributed by atoms with Crippen LogP contribution in [0.15, 0.2) is 48.5 Å². The first-order chi connectivity index (χ1) is 9.60. The summed E-state index contributed by atoms with van der Waals surface area (Å²) >= 11 is 5.96. The van der Waals surface area contributed by atoms with Gasteiger partial charge in [0, 0.05) is 10.7 Å². The normalized spacial score (nSPS) is 11.8. The predicted octanol–water partition coefficient (Wildman–Crippen LogP) is 3.97. The summed E-state index contributed by atoms with van der Waals surface area (Å²) in [4.78, 5) is 12.0. The second kappa shape index (κ2) is 6.44. The number of ether oxygens (including phenoxy) is 1. The van der Waals surface area contributed by atoms with Crippen LogP contribution in [0.2, 0.25) is 5.02 Å². The van der Waals surface area contributed by atoms with Crippen LogP contribution in [-0.4, -0.2) is 13.1 Å². The van der Waals surface area contributed by atoms with Gasteiger partial charge in [-0.05, 0) is 30.7 Å². The molecule has 4 heteroatoms. The van der Waals surface area contributed by atoms with Gasteiger partial charge in [0.1, 0.15) is 0 Å². The van der Waals surface area contributed by atoms with E-state index in [-0.39, 0.29) is 5.97 Å². The van der Waals surface area contributed by atoms with Gasteiger partial charge in [0.2, 0.25) is 0 Å². The van der Waals surface area contributed by atoms with Crippen molar-refractivity contribution in [3.63, 3.8) is 0 Å². The fourth-order valence-corrected chi connectivity index (χ4v) is 2.18. The van der Waals surface area contributed by atoms with Gasteiger partial charge in [0.15, 0.2) is 6.04 Å². The number of hydrogen-bond acceptors (Lipinski definition) is 3. The number of rotatable bonds is 4. The smallest absolute Gasteiger partial charge is 0.332 e. The average molecular weight is 290 g/mol. The molecule has 0 bridgehead atoms. The summed E-state index contributed by atoms with van der Waals surface area (Å²) in [5, 5.41) is 3.77. The molecular formula is C16H16ClNO2. The van der Waals surface area contributed by atoms with Crippen molar-refractivity contribution in [3.05, 3.63) is 64.7 Å². The van der Waals surface area contributed by atoms with Gasteiger partial charge in [-0.3, -0.25) is 0 Å². The Morgan fingerprint density at radius 1 is 1.20 bits per heavy atom. The third-order valence-electron chi connectivity index (χ3n) is 2.95. The SMILES string of the molecule is COC(=O)C(Nc1cccc(Cl)c1)c1cccc(C)c1. The monoisotopic (exact) mass is 289 g/mol. The molecule has 0 fully saturated rings. The van der Waals surface area contributed by atoms with Crippen LogP contribution in [0.3, 0.4) is 0 Å². The van der Waals surface area contributed by atoms with Gasteiger partial charge in [-0.1, -0.05) is 47.5 Å². The third kappa shape index (κ3) is 3.52. The molecule has 0 heterocycles. The molecule has 0 aliphatic rings. The fourth-order valence-electron chi connectivity index (χ4n) is 1.99. The Hall–Kier alpha value is -2.00. The number of carbonyl (C=O) groups is 1. The van der Waals surface area contributed by atoms with Crippen molar-refractivity contribution in [2.45, 2.75) is 13.0 Å². The number of esters is 1. The van der Waals surface area contributed by atoms with E-state index in [1.54, 1.807) is 12.1 Å². The Morgan fingerprint density at radius 2 is 1.95 bits per heavy atom. The lowest BCUT2D eigenvalue weighted by Crippen LogP contribution is -2.22. The first-order valence-electron chi connectivity index (χ1n) is 6.26. The predicted molar refractivity (Wildman–Crippen MR) is 81.0 cm³/mol. The molecule has 0 aromatic heterocycles. The van der Waals surface area contributed by atoms with Crippen molar-refractivity contribution < 1.29 is 9.53 Å². The number of carbonyl (C=O) groups excluding carboxylic acids is 1. The molecule has 1 unspecified atom stereocenters. The molecular weight excluding hydrogens is 274 g/mol. The van der Waals surface area contributed by atoms with Crippen LogP contribution in [-0.2, 0) is 9.53 Å². The Labute approximate surface area is 123 Å². The number of aryl methyl sites for hydroxylation is 1. The summed E-state index contributed by atoms with van der Waals surface area (Å²) in [6, 6.07) is 14.4. The van der Waals surface area contributed by atoms with Crippen LogP contribution < -0.4 is 5.32 Å². The van der Waals surface area contributed by atoms with Crippen LogP contribution >= 0.6 is 11.6 Å². The largest absolute Gasteiger partial charge is 0.467 e. The number of nitrogens with one attached hydrogen (secondary N) is 1. The zero-order chi connectivity index (χ0) is 14.5. The van der Waals surface area contributed by atoms with E-state index in [4.69, 9.17) is 16.3 Å². The van der Waals surface area contributed by atoms with E-state index in [2.05, 4.69) is 5.32 Å². The van der Waals surface area contributed by atoms with Crippen LogP contribution in [0.5, 0.6) is 0 Å². The molecule has 0 amide bonds. The first kappa shape index (κ1) is 14.4. The standard InChI is InChI=1S/C16H16ClNO2/c1-11-5-3-6-12(9-11)15(16(19)20-2)18-14-8-4-7-13(17)10-14/h3-10,15,18H,1-2H3. The second-order valence-corrected chi connectivity index (χ2v) is 4.96. The Kier molecular flexibility index (Phi) is 4.64. The molecule has 2 aromatic rings. The summed E-state index contributed by atoms with van der Waals surface area (Å²) in [5.41, 5.74) is 2.72. The molecule has 2 aromatic carbocycles. The van der Waals surface area contributed by atoms with Crippen molar-refractivity contribution in [2.75, 3.05) is 12.4 Å². The minimum absolute atomic E-state index is 0.337. The highest BCUT2D eigenvalue weighted by Gasteiger charge is 2.21. The Bertz CT molecular complexity index is 613. The highest BCUT2D eigenvalue weighted by atomic mass is 35.5. The molecule has 2 rings (SSSR count). The molecule has 1 N–H and O–H groups in total. The minimum Gasteiger partial charge on any atom is -0.467 e. The lowest BCUT2D eigenvalue weighted by atomic mass is 10.0. The van der Waals surface area contributed by atoms with Crippen LogP contribution in [0, 0.1) is 6.92 Å². The van der Waals surface area contributed by atoms with Gasteiger partial charge in [-0.2, -0.15) is 0 Å². The van der Waals surface area contributed by atoms with Crippen molar-refractivity contribution >= 4 is 23.3 Å². The summed E-state index contributed by atoms with van der Waals surface area (Å²) in [6.07, 6.45) is 0. The maximum absolute atomic E-state index is 12.0. The minimum atomic E-state index is -0.557. The maximum Gasteiger partial charge on any atom is 0.332 e. The topological polar surface area (TPSA) is 38.3 Å². The van der Waals surface area contributed by atoms with Gasteiger partial charge >= 0.3 is 5.97 Å². The molecule has 0 spiro atoms. The summed E-state index contributed by atoms with van der Waals surface area (Å²) in [6.45, 7) is 1.98. The van der Waals surface area contributed by atoms with E-state index in [1.807, 2.05) is 43.3 Å². The molecule has 0 saturated heterocycles. The number of anilines is 1. The van der Waals surface area contributed by atoms with Crippen molar-refractivity contribution in [2.24, 2.45) is 0 Å². The number of benzene rings is 2. The summed E-state index contributed by atoms with van der Waals surface area (Å²) < 4.78 is 4.87. The van der Waals surface area contributed by atoms with E-state index < -0.39 is 6.04 Å². The van der Waals surface area contributed by atoms with E-state index in [9.17, 15) is 4.79 Å². The van der Waals surface area contributed by atoms with Gasteiger partial charge in [0.05, 0.1) is 7.11 Å². The molecule has 1 atom stereocenters. The molecule has 3 nitrogen and oxygen atoms in total. The first-order valence-corrected chi connectivity index (χ1v) is 6.64. The molecule has 104 valence electrons. The highest BCUT2D eigenvalue weighted by molar-refractivity contribution is 6.30. The molecule has 0 aliphatic carbocycles. The molecule has 20 heavy (non-hydrogen) atoms. The average Bonchev–Trinajstić information content (AvgIpc) is 2.44. The van der Waals surface area contributed by atoms with E-state index in [1.165, 1.54) is 7.11 Å². The van der Waals surface area contributed by atoms with Crippen molar-refractivity contribution in [1.82, 2.24) is 0 Å². The van der Waals surface area contributed by atoms with Gasteiger partial charge in [-0.25, -0.2) is 4.79 Å². The molecule has 0 radical (unpaired) electrons. The number of hydrogen-bond donors (Lipinski definition) is 1. The van der Waals surface area contributed by atoms with Crippen molar-refractivity contribution in [1.29, 1.82) is 0 Å². The van der Waals surface area contributed by atoms with Crippen LogP contribution in [0.25, 0.3) is 0 Å². The third-order valence-corrected chi connectivity index (χ3v) is 3.18. The lowest BCUT2D eigenvalue weighted by molar-refractivity contribution is -0.141. The van der Waals surface area contributed by atoms with Gasteiger partial charge < -0.3 is 10.1 Å². The highest BCUT2D eigenvalue weighted by Crippen LogP contribution is 2.23. The van der Waals surface area contributed by atoms with Crippen LogP contribution in [0.1, 0.15) is 17.2 Å². The second-order valence-electron chi connectivity index (χ2n) is 4.52. The van der Waals surface area contributed by atoms with Gasteiger partial charge in [-0.15, -0.1) is 0 Å². The van der Waals surface area contributed by atoms with E-state index >= 15 is 0 Å². The Morgan fingerprint density at radius 3 is 2.60 bits per heavy atom. The van der Waals surface area contributed by atoms with Crippen LogP contribution in [0.4, 0.5) is 5.69 Å². The number of methoxy groups -OCH3 is 1. The summed E-state index contributed by atoms with van der Waals surface area (Å²) in [7, 11) is 1.38. The summed E-state index contributed by atoms with van der Waals surface area (Å²) in [5.74, 6) is -0.337. The molecule has 0 aliphatic heterocycles. The van der Waals surface area contributed by atoms with E-state index in [0.717, 1.165) is 16.8 Å². The van der Waals surface area contributed by atoms with Crippen molar-refractivity contribution in [3.8, 4) is 0 Å². The maximum atomic E-state index is 12.0. The lowest BCUT2D eigenvalue weighted by Gasteiger charge is -2.18. The Balaban J connectivity index is 2.31.